The van der Waals surface area contributed by atoms with Crippen LogP contribution in [0, 0.1) is 5.92 Å². The lowest BCUT2D eigenvalue weighted by Crippen LogP contribution is -2.47. The van der Waals surface area contributed by atoms with Crippen LogP contribution < -0.4 is 11.1 Å². The van der Waals surface area contributed by atoms with E-state index >= 15 is 0 Å². The summed E-state index contributed by atoms with van der Waals surface area (Å²) in [5, 5.41) is 12.2. The molecular weight excluding hydrogens is 250 g/mol. The van der Waals surface area contributed by atoms with Crippen LogP contribution in [-0.4, -0.2) is 61.4 Å². The Hall–Kier alpha value is -1.34. The molecule has 0 aromatic heterocycles. The molecule has 110 valence electrons. The molecule has 1 saturated heterocycles. The van der Waals surface area contributed by atoms with Crippen LogP contribution in [0.2, 0.25) is 0 Å². The summed E-state index contributed by atoms with van der Waals surface area (Å²) in [5.74, 6) is -0.295. The van der Waals surface area contributed by atoms with Crippen molar-refractivity contribution in [3.8, 4) is 0 Å². The Kier molecular flexibility index (Phi) is 6.58. The van der Waals surface area contributed by atoms with Crippen molar-refractivity contribution < 1.29 is 19.4 Å². The van der Waals surface area contributed by atoms with Gasteiger partial charge in [-0.2, -0.15) is 0 Å². The molecule has 0 aliphatic carbocycles. The topological polar surface area (TPSA) is 105 Å². The molecule has 1 rings (SSSR count). The molecular formula is C12H23N3O4. The maximum atomic E-state index is 11.9. The van der Waals surface area contributed by atoms with Gasteiger partial charge in [-0.3, -0.25) is 4.79 Å². The van der Waals surface area contributed by atoms with Gasteiger partial charge in [0.05, 0.1) is 18.6 Å². The third-order valence-electron chi connectivity index (χ3n) is 3.24. The van der Waals surface area contributed by atoms with Crippen LogP contribution in [0.3, 0.4) is 0 Å². The summed E-state index contributed by atoms with van der Waals surface area (Å²) >= 11 is 0. The number of amides is 3. The Morgan fingerprint density at radius 2 is 2.32 bits per heavy atom. The van der Waals surface area contributed by atoms with Gasteiger partial charge in [-0.15, -0.1) is 0 Å². The Morgan fingerprint density at radius 1 is 1.58 bits per heavy atom. The van der Waals surface area contributed by atoms with Gasteiger partial charge in [0.1, 0.15) is 0 Å². The molecule has 1 aliphatic heterocycles. The van der Waals surface area contributed by atoms with Crippen LogP contribution in [0.1, 0.15) is 19.3 Å². The zero-order valence-corrected chi connectivity index (χ0v) is 11.3. The monoisotopic (exact) mass is 273 g/mol. The minimum atomic E-state index is -0.571. The molecule has 3 amide bonds. The van der Waals surface area contributed by atoms with Crippen LogP contribution >= 0.6 is 0 Å². The number of primary amides is 1. The molecule has 7 heteroatoms. The zero-order chi connectivity index (χ0) is 14.3. The van der Waals surface area contributed by atoms with E-state index in [1.165, 1.54) is 12.0 Å². The van der Waals surface area contributed by atoms with Gasteiger partial charge in [0, 0.05) is 26.7 Å². The van der Waals surface area contributed by atoms with E-state index in [1.54, 1.807) is 0 Å². The number of methoxy groups -OCH3 is 1. The van der Waals surface area contributed by atoms with Crippen LogP contribution in [-0.2, 0) is 9.53 Å². The average Bonchev–Trinajstić information content (AvgIpc) is 2.39. The van der Waals surface area contributed by atoms with Crippen molar-refractivity contribution in [2.24, 2.45) is 11.7 Å². The SMILES string of the molecule is COCC(O)CCNC(=O)C1CCCN(C(N)=O)C1. The number of nitrogens with zero attached hydrogens (tertiary/aromatic N) is 1. The van der Waals surface area contributed by atoms with E-state index in [4.69, 9.17) is 10.5 Å². The second kappa shape index (κ2) is 7.96. The molecule has 0 radical (unpaired) electrons. The summed E-state index contributed by atoms with van der Waals surface area (Å²) in [6, 6.07) is -0.479. The van der Waals surface area contributed by atoms with Crippen molar-refractivity contribution in [1.82, 2.24) is 10.2 Å². The normalized spacial score (nSPS) is 20.9. The number of piperidine rings is 1. The van der Waals surface area contributed by atoms with Crippen molar-refractivity contribution in [3.05, 3.63) is 0 Å². The van der Waals surface area contributed by atoms with Gasteiger partial charge in [-0.1, -0.05) is 0 Å². The first-order valence-electron chi connectivity index (χ1n) is 6.53. The third kappa shape index (κ3) is 5.44. The maximum absolute atomic E-state index is 11.9. The van der Waals surface area contributed by atoms with Crippen LogP contribution in [0.15, 0.2) is 0 Å². The second-order valence-electron chi connectivity index (χ2n) is 4.81. The van der Waals surface area contributed by atoms with Crippen molar-refractivity contribution >= 4 is 11.9 Å². The molecule has 0 aromatic carbocycles. The van der Waals surface area contributed by atoms with Crippen molar-refractivity contribution in [2.45, 2.75) is 25.4 Å². The largest absolute Gasteiger partial charge is 0.391 e. The van der Waals surface area contributed by atoms with Gasteiger partial charge in [0.15, 0.2) is 0 Å². The number of nitrogens with two attached hydrogens (primary N) is 1. The number of hydrogen-bond acceptors (Lipinski definition) is 4. The lowest BCUT2D eigenvalue weighted by atomic mass is 9.97. The number of ether oxygens (including phenoxy) is 1. The highest BCUT2D eigenvalue weighted by Crippen LogP contribution is 2.16. The van der Waals surface area contributed by atoms with Gasteiger partial charge >= 0.3 is 6.03 Å². The van der Waals surface area contributed by atoms with Crippen LogP contribution in [0.4, 0.5) is 4.79 Å². The molecule has 1 aliphatic rings. The number of urea groups is 1. The van der Waals surface area contributed by atoms with Gasteiger partial charge in [-0.05, 0) is 19.3 Å². The number of hydrogen-bond donors (Lipinski definition) is 3. The predicted octanol–water partition coefficient (Wildman–Crippen LogP) is -0.709. The molecule has 1 fully saturated rings. The molecule has 2 atom stereocenters. The zero-order valence-electron chi connectivity index (χ0n) is 11.3. The molecule has 1 heterocycles. The third-order valence-corrected chi connectivity index (χ3v) is 3.24. The standard InChI is InChI=1S/C12H23N3O4/c1-19-8-10(16)4-5-14-11(17)9-3-2-6-15(7-9)12(13)18/h9-10,16H,2-8H2,1H3,(H2,13,18)(H,14,17). The van der Waals surface area contributed by atoms with Crippen molar-refractivity contribution in [1.29, 1.82) is 0 Å². The van der Waals surface area contributed by atoms with Gasteiger partial charge in [0.25, 0.3) is 0 Å². The van der Waals surface area contributed by atoms with Crippen molar-refractivity contribution in [2.75, 3.05) is 33.4 Å². The summed E-state index contributed by atoms with van der Waals surface area (Å²) in [6.45, 7) is 1.65. The van der Waals surface area contributed by atoms with Gasteiger partial charge < -0.3 is 25.8 Å². The highest BCUT2D eigenvalue weighted by Gasteiger charge is 2.27. The quantitative estimate of drug-likeness (QED) is 0.594. The Balaban J connectivity index is 2.27. The first kappa shape index (κ1) is 15.7. The number of carbonyl (C=O) groups is 2. The molecule has 19 heavy (non-hydrogen) atoms. The Morgan fingerprint density at radius 3 is 2.95 bits per heavy atom. The molecule has 0 bridgehead atoms. The summed E-state index contributed by atoms with van der Waals surface area (Å²) in [5.41, 5.74) is 5.21. The summed E-state index contributed by atoms with van der Waals surface area (Å²) < 4.78 is 4.80. The lowest BCUT2D eigenvalue weighted by Gasteiger charge is -2.30. The first-order valence-corrected chi connectivity index (χ1v) is 6.53. The van der Waals surface area contributed by atoms with Crippen LogP contribution in [0.5, 0.6) is 0 Å². The van der Waals surface area contributed by atoms with Crippen molar-refractivity contribution in [3.63, 3.8) is 0 Å². The highest BCUT2D eigenvalue weighted by molar-refractivity contribution is 5.80. The number of rotatable bonds is 6. The number of carbonyl (C=O) groups excluding carboxylic acids is 2. The molecule has 4 N–H and O–H groups in total. The molecule has 0 spiro atoms. The first-order chi connectivity index (χ1) is 9.04. The number of likely N-dealkylation sites (tertiary alicyclic amines) is 1. The minimum Gasteiger partial charge on any atom is -0.391 e. The highest BCUT2D eigenvalue weighted by atomic mass is 16.5. The molecule has 0 aromatic rings. The summed E-state index contributed by atoms with van der Waals surface area (Å²) in [6.07, 6.45) is 1.42. The molecule has 0 saturated carbocycles. The average molecular weight is 273 g/mol. The van der Waals surface area contributed by atoms with E-state index in [2.05, 4.69) is 5.32 Å². The summed E-state index contributed by atoms with van der Waals surface area (Å²) in [7, 11) is 1.52. The molecule has 7 nitrogen and oxygen atoms in total. The van der Waals surface area contributed by atoms with E-state index in [-0.39, 0.29) is 18.4 Å². The molecule has 2 unspecified atom stereocenters. The fourth-order valence-corrected chi connectivity index (χ4v) is 2.17. The predicted molar refractivity (Wildman–Crippen MR) is 69.4 cm³/mol. The van der Waals surface area contributed by atoms with E-state index < -0.39 is 12.1 Å². The Labute approximate surface area is 113 Å². The fourth-order valence-electron chi connectivity index (χ4n) is 2.17. The van der Waals surface area contributed by atoms with E-state index in [0.717, 1.165) is 12.8 Å². The lowest BCUT2D eigenvalue weighted by molar-refractivity contribution is -0.126. The summed E-state index contributed by atoms with van der Waals surface area (Å²) in [4.78, 5) is 24.5. The van der Waals surface area contributed by atoms with E-state index in [1.807, 2.05) is 0 Å². The van der Waals surface area contributed by atoms with Crippen LogP contribution in [0.25, 0.3) is 0 Å². The van der Waals surface area contributed by atoms with E-state index in [9.17, 15) is 14.7 Å². The van der Waals surface area contributed by atoms with E-state index in [0.29, 0.717) is 26.1 Å². The number of aliphatic hydroxyl groups is 1. The van der Waals surface area contributed by atoms with Gasteiger partial charge in [0.2, 0.25) is 5.91 Å². The number of aliphatic hydroxyl groups excluding tert-OH is 1. The Bertz CT molecular complexity index is 311. The second-order valence-corrected chi connectivity index (χ2v) is 4.81. The fraction of sp³-hybridized carbons (Fsp3) is 0.833. The number of nitrogens with one attached hydrogen (secondary N) is 1. The minimum absolute atomic E-state index is 0.0874. The maximum Gasteiger partial charge on any atom is 0.314 e. The van der Waals surface area contributed by atoms with Gasteiger partial charge in [-0.25, -0.2) is 4.79 Å². The smallest absolute Gasteiger partial charge is 0.314 e.